The first kappa shape index (κ1) is 50.3. The third-order valence-corrected chi connectivity index (χ3v) is 18.0. The van der Waals surface area contributed by atoms with Crippen LogP contribution in [-0.2, 0) is 52.8 Å². The van der Waals surface area contributed by atoms with Crippen molar-refractivity contribution in [3.8, 4) is 34.8 Å². The van der Waals surface area contributed by atoms with Crippen LogP contribution in [0.5, 0.6) is 23.0 Å². The van der Waals surface area contributed by atoms with Crippen molar-refractivity contribution >= 4 is 16.6 Å². The van der Waals surface area contributed by atoms with Crippen LogP contribution in [0, 0.1) is 23.7 Å². The van der Waals surface area contributed by atoms with Crippen molar-refractivity contribution in [2.45, 2.75) is 139 Å². The van der Waals surface area contributed by atoms with E-state index in [9.17, 15) is 25.5 Å². The number of dihydropyridines is 1. The number of hydrogen-bond acceptors (Lipinski definition) is 10. The highest BCUT2D eigenvalue weighted by Crippen LogP contribution is 2.60. The van der Waals surface area contributed by atoms with Crippen LogP contribution in [0.3, 0.4) is 0 Å². The van der Waals surface area contributed by atoms with E-state index < -0.39 is 12.3 Å². The summed E-state index contributed by atoms with van der Waals surface area (Å²) in [7, 11) is 0. The summed E-state index contributed by atoms with van der Waals surface area (Å²) in [4.78, 5) is 0. The van der Waals surface area contributed by atoms with E-state index >= 15 is 0 Å². The van der Waals surface area contributed by atoms with Crippen molar-refractivity contribution in [2.75, 3.05) is 19.8 Å². The number of aliphatic hydroxyl groups is 2. The smallest absolute Gasteiger partial charge is 0.161 e. The summed E-state index contributed by atoms with van der Waals surface area (Å²) in [6.45, 7) is 1.55. The fraction of sp³-hybridized carbons (Fsp3) is 0.415. The second kappa shape index (κ2) is 21.1. The summed E-state index contributed by atoms with van der Waals surface area (Å²) in [5, 5.41) is 60.4. The van der Waals surface area contributed by atoms with E-state index in [0.717, 1.165) is 101 Å². The van der Waals surface area contributed by atoms with Gasteiger partial charge in [-0.15, -0.1) is 0 Å². The molecule has 1 saturated carbocycles. The van der Waals surface area contributed by atoms with Gasteiger partial charge >= 0.3 is 0 Å². The monoisotopic (exact) mass is 1020 g/mol. The highest BCUT2D eigenvalue weighted by Gasteiger charge is 2.55. The van der Waals surface area contributed by atoms with E-state index in [0.29, 0.717) is 50.2 Å². The van der Waals surface area contributed by atoms with Gasteiger partial charge in [-0.05, 0) is 181 Å². The van der Waals surface area contributed by atoms with Gasteiger partial charge in [0.05, 0.1) is 38.2 Å². The predicted molar refractivity (Wildman–Crippen MR) is 295 cm³/mol. The molecular weight excluding hydrogens is 951 g/mol. The van der Waals surface area contributed by atoms with E-state index in [-0.39, 0.29) is 65.8 Å². The zero-order valence-electron chi connectivity index (χ0n) is 43.4. The van der Waals surface area contributed by atoms with Crippen molar-refractivity contribution in [3.63, 3.8) is 0 Å². The second-order valence-corrected chi connectivity index (χ2v) is 22.8. The Kier molecular flexibility index (Phi) is 14.0. The summed E-state index contributed by atoms with van der Waals surface area (Å²) in [5.41, 5.74) is 17.9. The molecule has 1 aromatic heterocycles. The second-order valence-electron chi connectivity index (χ2n) is 22.8. The standard InChI is InChI=1S/C65H71N3O8/c66-62-32-45-17-15-41(13-14-42-16-20-59(72)46(25-42)26-43-8-5-9-52(70)27-43)7-6-10-54-33-53(71)19-18-44-31-61(60(73)30-48(44)37-69)76-38-49-29-50(28-47-35-68(36-55(47)49)63(67-62)56(45)40-75-54)65-23-24-74-39-51(65)34-64(21-3-4-22-64)57-11-1-2-12-58(57)65/h1-2,5,8-9,11-12,16,20,25,27-32,35-36,41,51,53-54,62,67,69-73H,3-4,6-7,10,13-14,18-19,21-24,26,33-34,37-40,66H2/t41-,51-,53+,54-,62?,65-/m0/s1. The molecule has 4 aliphatic heterocycles. The van der Waals surface area contributed by atoms with Gasteiger partial charge < -0.3 is 55.4 Å². The summed E-state index contributed by atoms with van der Waals surface area (Å²) >= 11 is 0. The normalized spacial score (nSPS) is 25.2. The van der Waals surface area contributed by atoms with E-state index in [4.69, 9.17) is 19.9 Å². The average molecular weight is 1020 g/mol. The zero-order valence-corrected chi connectivity index (χ0v) is 43.4. The Morgan fingerprint density at radius 3 is 2.53 bits per heavy atom. The molecule has 0 amide bonds. The number of benzene rings is 5. The van der Waals surface area contributed by atoms with Crippen molar-refractivity contribution in [1.29, 1.82) is 0 Å². The maximum atomic E-state index is 11.8. The third kappa shape index (κ3) is 9.80. The number of rotatable bonds is 7. The van der Waals surface area contributed by atoms with Gasteiger partial charge in [0.15, 0.2) is 11.5 Å². The molecule has 11 nitrogen and oxygen atoms in total. The lowest BCUT2D eigenvalue weighted by Gasteiger charge is -2.54. The van der Waals surface area contributed by atoms with E-state index in [1.165, 1.54) is 42.4 Å². The van der Waals surface area contributed by atoms with Gasteiger partial charge in [0.1, 0.15) is 23.9 Å². The molecule has 2 fully saturated rings. The first-order valence-electron chi connectivity index (χ1n) is 27.8. The highest BCUT2D eigenvalue weighted by atomic mass is 16.5. The number of nitrogens with two attached hydrogens (primary N) is 1. The van der Waals surface area contributed by atoms with Crippen molar-refractivity contribution in [1.82, 2.24) is 9.88 Å². The largest absolute Gasteiger partial charge is 0.508 e. The van der Waals surface area contributed by atoms with Gasteiger partial charge in [-0.1, -0.05) is 79.3 Å². The summed E-state index contributed by atoms with van der Waals surface area (Å²) in [6, 6.07) is 30.4. The van der Waals surface area contributed by atoms with Gasteiger partial charge in [-0.25, -0.2) is 0 Å². The van der Waals surface area contributed by atoms with Crippen LogP contribution in [0.2, 0.25) is 0 Å². The molecule has 6 atom stereocenters. The number of phenols is 3. The van der Waals surface area contributed by atoms with Crippen LogP contribution in [0.25, 0.3) is 16.6 Å². The molecule has 1 saturated heterocycles. The van der Waals surface area contributed by atoms with Crippen LogP contribution < -0.4 is 15.8 Å². The number of aromatic hydroxyl groups is 3. The van der Waals surface area contributed by atoms with Crippen molar-refractivity contribution in [3.05, 3.63) is 171 Å². The number of aryl methyl sites for hydroxylation is 2. The van der Waals surface area contributed by atoms with Crippen molar-refractivity contribution in [2.24, 2.45) is 17.6 Å². The molecule has 6 aromatic rings. The number of nitrogens with one attached hydrogen (secondary N) is 1. The highest BCUT2D eigenvalue weighted by molar-refractivity contribution is 5.89. The van der Waals surface area contributed by atoms with Gasteiger partial charge in [0, 0.05) is 58.7 Å². The number of aromatic nitrogens is 1. The Morgan fingerprint density at radius 2 is 1.67 bits per heavy atom. The number of aliphatic hydroxyl groups excluding tert-OH is 2. The average Bonchev–Trinajstić information content (AvgIpc) is 4.14. The number of hydrogen-bond donors (Lipinski definition) is 7. The molecule has 2 aliphatic carbocycles. The lowest BCUT2D eigenvalue weighted by Crippen LogP contribution is -2.51. The zero-order chi connectivity index (χ0) is 52.0. The molecule has 6 aliphatic rings. The van der Waals surface area contributed by atoms with E-state index in [1.807, 2.05) is 30.3 Å². The summed E-state index contributed by atoms with van der Waals surface area (Å²) < 4.78 is 22.2. The molecule has 6 bridgehead atoms. The molecule has 0 radical (unpaired) electrons. The summed E-state index contributed by atoms with van der Waals surface area (Å²) in [5.74, 6) is 9.20. The molecule has 12 rings (SSSR count). The Morgan fingerprint density at radius 1 is 0.803 bits per heavy atom. The Hall–Kier alpha value is -6.52. The first-order chi connectivity index (χ1) is 37.0. The quantitative estimate of drug-likeness (QED) is 0.0764. The van der Waals surface area contributed by atoms with E-state index in [2.05, 4.69) is 76.6 Å². The number of nitrogens with zero attached hydrogens (tertiary/aromatic N) is 1. The van der Waals surface area contributed by atoms with Crippen LogP contribution in [0.4, 0.5) is 0 Å². The lowest BCUT2D eigenvalue weighted by molar-refractivity contribution is -0.00873. The van der Waals surface area contributed by atoms with Crippen LogP contribution in [0.15, 0.2) is 121 Å². The topological polar surface area (TPSA) is 172 Å². The van der Waals surface area contributed by atoms with Gasteiger partial charge in [0.2, 0.25) is 0 Å². The molecule has 76 heavy (non-hydrogen) atoms. The Balaban J connectivity index is 0.959. The molecule has 11 heteroatoms. The van der Waals surface area contributed by atoms with Crippen molar-refractivity contribution < 1.29 is 39.7 Å². The fourth-order valence-corrected chi connectivity index (χ4v) is 14.1. The lowest BCUT2D eigenvalue weighted by atomic mass is 9.51. The molecule has 5 heterocycles. The van der Waals surface area contributed by atoms with Gasteiger partial charge in [-0.3, -0.25) is 0 Å². The summed E-state index contributed by atoms with van der Waals surface area (Å²) in [6.07, 6.45) is 17.5. The minimum absolute atomic E-state index is 0.0374. The Bertz CT molecular complexity index is 3280. The first-order valence-corrected chi connectivity index (χ1v) is 27.8. The van der Waals surface area contributed by atoms with E-state index in [1.54, 1.807) is 24.3 Å². The van der Waals surface area contributed by atoms with Crippen LogP contribution in [-0.4, -0.2) is 68.3 Å². The minimum atomic E-state index is -0.694. The minimum Gasteiger partial charge on any atom is -0.508 e. The maximum Gasteiger partial charge on any atom is 0.161 e. The number of phenolic OH excluding ortho intramolecular Hbond substituents is 3. The SMILES string of the molecule is NC1C=C2C#C[C@H](CCc3ccc(O)c(Cc4cccc(O)c4)c3)CCC[C@H]3C[C@H](O)CCc4cc(c(O)cc4CO)OCc4cc([C@@]56CCOC[C@@H]5CC5(CCCC5)c5ccccc56)cc5cn(cc45)C(=C2CO3)N1. The van der Waals surface area contributed by atoms with Crippen LogP contribution in [0.1, 0.15) is 127 Å². The third-order valence-electron chi connectivity index (χ3n) is 18.0. The predicted octanol–water partition coefficient (Wildman–Crippen LogP) is 10.5. The molecule has 1 spiro atoms. The molecule has 5 aromatic carbocycles. The fourth-order valence-electron chi connectivity index (χ4n) is 14.1. The Labute approximate surface area is 446 Å². The molecule has 394 valence electrons. The number of fused-ring (bicyclic) bond motifs is 10. The van der Waals surface area contributed by atoms with Gasteiger partial charge in [0.25, 0.3) is 0 Å². The van der Waals surface area contributed by atoms with Gasteiger partial charge in [-0.2, -0.15) is 0 Å². The molecule has 1 unspecified atom stereocenters. The number of ether oxygens (including phenoxy) is 3. The van der Waals surface area contributed by atoms with Crippen LogP contribution >= 0.6 is 0 Å². The molecular formula is C65H71N3O8. The maximum absolute atomic E-state index is 11.8. The molecule has 8 N–H and O–H groups in total.